The summed E-state index contributed by atoms with van der Waals surface area (Å²) in [6.07, 6.45) is 1.92. The maximum absolute atomic E-state index is 6.73. The number of hydrogen-bond acceptors (Lipinski definition) is 4. The molecule has 6 aromatic carbocycles. The van der Waals surface area contributed by atoms with Crippen molar-refractivity contribution in [1.82, 2.24) is 9.55 Å². The molecule has 0 radical (unpaired) electrons. The van der Waals surface area contributed by atoms with Crippen molar-refractivity contribution < 1.29 is 25.8 Å². The standard InChI is InChI=1S/C66H77N4O.Pt/c1-61(2,3)43-24-27-52(55(37-43)66(16,17)18)42-23-29-57-54(33-42)53-28-26-51(41-59(53)70(57)60-39-45(31-32-67-60)63(7,8)9)71-50-22-20-21-49(40-50)69(19)58-30-25-44(62(4,5)6)38-56(58)68-48-35-46(64(10,11)12)34-47(36-48)65(13,14)15;/h20-39,68H,19H2,1-18H3;/q-3;. The molecule has 0 amide bonds. The van der Waals surface area contributed by atoms with Crippen molar-refractivity contribution in [2.45, 2.75) is 157 Å². The zero-order chi connectivity index (χ0) is 51.8. The van der Waals surface area contributed by atoms with Gasteiger partial charge in [0.15, 0.2) is 0 Å². The Morgan fingerprint density at radius 2 is 1.11 bits per heavy atom. The number of ether oxygens (including phenoxy) is 1. The van der Waals surface area contributed by atoms with Crippen LogP contribution < -0.4 is 15.0 Å². The number of fused-ring (bicyclic) bond motifs is 3. The number of hydrogen-bond donors (Lipinski definition) is 1. The van der Waals surface area contributed by atoms with E-state index < -0.39 is 0 Å². The molecule has 1 N–H and O–H groups in total. The third-order valence-corrected chi connectivity index (χ3v) is 13.9. The van der Waals surface area contributed by atoms with Gasteiger partial charge in [-0.15, -0.1) is 41.4 Å². The van der Waals surface area contributed by atoms with Crippen LogP contribution in [0.25, 0.3) is 38.8 Å². The maximum Gasteiger partial charge on any atom is 0.135 e. The van der Waals surface area contributed by atoms with Gasteiger partial charge in [-0.3, -0.25) is 7.05 Å². The fourth-order valence-electron chi connectivity index (χ4n) is 9.24. The molecular weight excluding hydrogens is 1060 g/mol. The van der Waals surface area contributed by atoms with Gasteiger partial charge < -0.3 is 19.5 Å². The van der Waals surface area contributed by atoms with Gasteiger partial charge >= 0.3 is 0 Å². The van der Waals surface area contributed by atoms with Crippen LogP contribution in [0.2, 0.25) is 0 Å². The van der Waals surface area contributed by atoms with Crippen LogP contribution in [-0.2, 0) is 53.6 Å². The SMILES string of the molecule is [CH2-]N(c1[c-]c(Oc2[c-]c3c(cc2)c2cc(-c4ccc(C(C)(C)C)cc4C(C)(C)C)ccc2n3-c2cc(C(C)(C)C)ccn2)ccc1)c1ccc(C(C)(C)C)cc1Nc1cc(C(C)(C)C)cc(C(C)(C)C)c1.[Pt]. The third kappa shape index (κ3) is 11.4. The van der Waals surface area contributed by atoms with Gasteiger partial charge in [0, 0.05) is 55.7 Å². The van der Waals surface area contributed by atoms with Crippen LogP contribution in [0.1, 0.15) is 158 Å². The second-order valence-electron chi connectivity index (χ2n) is 25.9. The molecule has 0 saturated carbocycles. The summed E-state index contributed by atoms with van der Waals surface area (Å²) in [6.45, 7) is 40.9. The first kappa shape index (κ1) is 54.1. The molecule has 0 atom stereocenters. The van der Waals surface area contributed by atoms with Gasteiger partial charge in [-0.25, -0.2) is 4.98 Å². The Kier molecular flexibility index (Phi) is 14.5. The second-order valence-corrected chi connectivity index (χ2v) is 25.9. The van der Waals surface area contributed by atoms with Gasteiger partial charge in [-0.05, 0) is 125 Å². The van der Waals surface area contributed by atoms with E-state index in [4.69, 9.17) is 9.72 Å². The predicted molar refractivity (Wildman–Crippen MR) is 304 cm³/mol. The summed E-state index contributed by atoms with van der Waals surface area (Å²) >= 11 is 0. The van der Waals surface area contributed by atoms with E-state index >= 15 is 0 Å². The number of anilines is 4. The zero-order valence-corrected chi connectivity index (χ0v) is 48.6. The van der Waals surface area contributed by atoms with Gasteiger partial charge in [-0.1, -0.05) is 173 Å². The molecule has 0 aliphatic rings. The van der Waals surface area contributed by atoms with Gasteiger partial charge in [0.25, 0.3) is 0 Å². The first-order chi connectivity index (χ1) is 32.9. The minimum Gasteiger partial charge on any atom is -0.516 e. The van der Waals surface area contributed by atoms with Crippen LogP contribution in [-0.4, -0.2) is 9.55 Å². The van der Waals surface area contributed by atoms with E-state index in [1.165, 1.54) is 44.5 Å². The molecule has 2 aromatic heterocycles. The third-order valence-electron chi connectivity index (χ3n) is 13.9. The van der Waals surface area contributed by atoms with E-state index in [0.29, 0.717) is 11.5 Å². The molecular formula is C66H77N4OPt-3. The maximum atomic E-state index is 6.73. The summed E-state index contributed by atoms with van der Waals surface area (Å²) < 4.78 is 8.96. The van der Waals surface area contributed by atoms with Crippen molar-refractivity contribution in [3.63, 3.8) is 0 Å². The molecule has 0 bridgehead atoms. The van der Waals surface area contributed by atoms with Gasteiger partial charge in [0.2, 0.25) is 0 Å². The van der Waals surface area contributed by atoms with Gasteiger partial charge in [-0.2, -0.15) is 12.1 Å². The fourth-order valence-corrected chi connectivity index (χ4v) is 9.24. The van der Waals surface area contributed by atoms with E-state index in [0.717, 1.165) is 50.4 Å². The summed E-state index contributed by atoms with van der Waals surface area (Å²) in [6, 6.07) is 49.2. The number of benzene rings is 6. The summed E-state index contributed by atoms with van der Waals surface area (Å²) in [5, 5.41) is 6.07. The molecule has 8 aromatic rings. The number of rotatable bonds is 8. The minimum atomic E-state index is -0.0639. The molecule has 0 saturated heterocycles. The summed E-state index contributed by atoms with van der Waals surface area (Å²) in [4.78, 5) is 6.93. The van der Waals surface area contributed by atoms with Crippen molar-refractivity contribution >= 4 is 44.6 Å². The van der Waals surface area contributed by atoms with Crippen LogP contribution in [0.5, 0.6) is 11.5 Å². The van der Waals surface area contributed by atoms with Gasteiger partial charge in [0.05, 0.1) is 5.69 Å². The summed E-state index contributed by atoms with van der Waals surface area (Å²) in [5.74, 6) is 1.98. The Balaban J connectivity index is 0.00000760. The van der Waals surface area contributed by atoms with E-state index in [9.17, 15) is 0 Å². The summed E-state index contributed by atoms with van der Waals surface area (Å²) in [5.41, 5.74) is 15.6. The van der Waals surface area contributed by atoms with E-state index in [2.05, 4.69) is 245 Å². The van der Waals surface area contributed by atoms with Crippen molar-refractivity contribution in [3.05, 3.63) is 174 Å². The van der Waals surface area contributed by atoms with Crippen LogP contribution in [0.15, 0.2) is 121 Å². The van der Waals surface area contributed by atoms with Crippen LogP contribution >= 0.6 is 0 Å². The fraction of sp³-hybridized carbons (Fsp3) is 0.364. The van der Waals surface area contributed by atoms with Gasteiger partial charge in [0.1, 0.15) is 5.82 Å². The van der Waals surface area contributed by atoms with E-state index in [-0.39, 0.29) is 53.6 Å². The first-order valence-corrected chi connectivity index (χ1v) is 25.4. The molecule has 0 aliphatic heterocycles. The minimum absolute atomic E-state index is 0. The zero-order valence-electron chi connectivity index (χ0n) is 46.3. The van der Waals surface area contributed by atoms with Crippen LogP contribution in [0.4, 0.5) is 22.7 Å². The molecule has 8 rings (SSSR count). The molecule has 380 valence electrons. The van der Waals surface area contributed by atoms with Crippen LogP contribution in [0, 0.1) is 19.2 Å². The van der Waals surface area contributed by atoms with Crippen molar-refractivity contribution in [2.24, 2.45) is 0 Å². The molecule has 0 spiro atoms. The largest absolute Gasteiger partial charge is 0.516 e. The normalized spacial score (nSPS) is 12.8. The predicted octanol–water partition coefficient (Wildman–Crippen LogP) is 18.7. The molecule has 5 nitrogen and oxygen atoms in total. The Bertz CT molecular complexity index is 3240. The Labute approximate surface area is 447 Å². The molecule has 6 heteroatoms. The second kappa shape index (κ2) is 19.3. The topological polar surface area (TPSA) is 42.3 Å². The first-order valence-electron chi connectivity index (χ1n) is 25.4. The average Bonchev–Trinajstić information content (AvgIpc) is 3.59. The molecule has 72 heavy (non-hydrogen) atoms. The number of pyridine rings is 1. The van der Waals surface area contributed by atoms with Crippen molar-refractivity contribution in [2.75, 3.05) is 10.2 Å². The number of aromatic nitrogens is 2. The molecule has 0 fully saturated rings. The Morgan fingerprint density at radius 1 is 0.528 bits per heavy atom. The molecule has 0 unspecified atom stereocenters. The smallest absolute Gasteiger partial charge is 0.135 e. The molecule has 0 aliphatic carbocycles. The van der Waals surface area contributed by atoms with Crippen molar-refractivity contribution in [1.29, 1.82) is 0 Å². The number of nitrogens with zero attached hydrogens (tertiary/aromatic N) is 3. The Morgan fingerprint density at radius 3 is 1.72 bits per heavy atom. The van der Waals surface area contributed by atoms with Crippen molar-refractivity contribution in [3.8, 4) is 28.4 Å². The number of nitrogens with one attached hydrogen (secondary N) is 1. The van der Waals surface area contributed by atoms with E-state index in [1.807, 2.05) is 35.4 Å². The van der Waals surface area contributed by atoms with E-state index in [1.54, 1.807) is 0 Å². The monoisotopic (exact) mass is 1140 g/mol. The van der Waals surface area contributed by atoms with Crippen LogP contribution in [0.3, 0.4) is 0 Å². The quantitative estimate of drug-likeness (QED) is 0.154. The average molecular weight is 1140 g/mol. The Hall–Kier alpha value is -5.64. The summed E-state index contributed by atoms with van der Waals surface area (Å²) in [7, 11) is 4.62. The molecule has 2 heterocycles.